The van der Waals surface area contributed by atoms with Crippen molar-refractivity contribution >= 4 is 5.91 Å². The lowest BCUT2D eigenvalue weighted by atomic mass is 9.89. The molecule has 3 rings (SSSR count). The van der Waals surface area contributed by atoms with Crippen molar-refractivity contribution in [2.45, 2.75) is 45.1 Å². The van der Waals surface area contributed by atoms with Crippen molar-refractivity contribution in [2.24, 2.45) is 7.05 Å². The third kappa shape index (κ3) is 3.64. The first-order valence-corrected chi connectivity index (χ1v) is 8.13. The van der Waals surface area contributed by atoms with Crippen LogP contribution in [0, 0.1) is 13.8 Å². The first-order valence-electron chi connectivity index (χ1n) is 8.13. The third-order valence-electron chi connectivity index (χ3n) is 4.41. The van der Waals surface area contributed by atoms with Gasteiger partial charge in [0.05, 0.1) is 24.1 Å². The Bertz CT molecular complexity index is 738. The lowest BCUT2D eigenvalue weighted by molar-refractivity contribution is -0.137. The summed E-state index contributed by atoms with van der Waals surface area (Å²) in [6, 6.07) is 0. The minimum atomic E-state index is -1.02. The van der Waals surface area contributed by atoms with Crippen LogP contribution in [0.25, 0.3) is 0 Å². The smallest absolute Gasteiger partial charge is 0.229 e. The number of aryl methyl sites for hydroxylation is 3. The number of nitrogens with zero attached hydrogens (tertiary/aromatic N) is 5. The molecule has 0 aromatic carbocycles. The average Bonchev–Trinajstić information content (AvgIpc) is 3.04. The first kappa shape index (κ1) is 16.6. The van der Waals surface area contributed by atoms with E-state index in [0.29, 0.717) is 31.1 Å². The fourth-order valence-electron chi connectivity index (χ4n) is 3.26. The number of carbonyl (C=O) groups excluding carboxylic acids is 1. The normalized spacial score (nSPS) is 21.2. The Balaban J connectivity index is 1.66. The molecule has 8 nitrogen and oxygen atoms in total. The highest BCUT2D eigenvalue weighted by Gasteiger charge is 2.37. The second kappa shape index (κ2) is 6.35. The summed E-state index contributed by atoms with van der Waals surface area (Å²) in [7, 11) is 1.84. The number of carbonyl (C=O) groups is 1. The van der Waals surface area contributed by atoms with Crippen LogP contribution in [0.2, 0.25) is 0 Å². The minimum absolute atomic E-state index is 0.00550. The van der Waals surface area contributed by atoms with Crippen LogP contribution in [0.5, 0.6) is 0 Å². The zero-order valence-electron chi connectivity index (χ0n) is 14.3. The summed E-state index contributed by atoms with van der Waals surface area (Å²) in [5.74, 6) is 0.961. The number of hydrogen-bond donors (Lipinski definition) is 1. The van der Waals surface area contributed by atoms with E-state index in [1.165, 1.54) is 0 Å². The van der Waals surface area contributed by atoms with Gasteiger partial charge in [0.2, 0.25) is 11.8 Å². The van der Waals surface area contributed by atoms with E-state index in [9.17, 15) is 9.90 Å². The highest BCUT2D eigenvalue weighted by molar-refractivity contribution is 5.79. The Morgan fingerprint density at radius 1 is 1.46 bits per heavy atom. The average molecular weight is 333 g/mol. The number of hydrogen-bond acceptors (Lipinski definition) is 6. The lowest BCUT2D eigenvalue weighted by Gasteiger charge is -2.38. The molecule has 1 saturated heterocycles. The Morgan fingerprint density at radius 2 is 2.25 bits per heavy atom. The van der Waals surface area contributed by atoms with E-state index in [0.717, 1.165) is 17.7 Å². The number of piperidine rings is 1. The Labute approximate surface area is 140 Å². The topological polar surface area (TPSA) is 97.3 Å². The minimum Gasteiger partial charge on any atom is -0.388 e. The van der Waals surface area contributed by atoms with E-state index in [1.807, 2.05) is 20.2 Å². The van der Waals surface area contributed by atoms with E-state index >= 15 is 0 Å². The molecule has 1 amide bonds. The summed E-state index contributed by atoms with van der Waals surface area (Å²) in [6.45, 7) is 4.58. The zero-order chi connectivity index (χ0) is 17.3. The molecule has 0 aliphatic carbocycles. The maximum absolute atomic E-state index is 12.6. The summed E-state index contributed by atoms with van der Waals surface area (Å²) in [4.78, 5) is 18.5. The second-order valence-electron chi connectivity index (χ2n) is 6.65. The molecule has 8 heteroatoms. The number of β-amino-alcohol motifs (C(OH)–C–C–N with tert-alkyl or cyclic N) is 1. The van der Waals surface area contributed by atoms with Gasteiger partial charge in [-0.3, -0.25) is 9.48 Å². The molecule has 24 heavy (non-hydrogen) atoms. The van der Waals surface area contributed by atoms with Gasteiger partial charge in [-0.05, 0) is 26.7 Å². The monoisotopic (exact) mass is 333 g/mol. The molecule has 1 N–H and O–H groups in total. The van der Waals surface area contributed by atoms with Gasteiger partial charge in [0.1, 0.15) is 0 Å². The SMILES string of the molecule is Cc1noc(CC2(O)CCCN(C(=O)Cc3cn(C)nc3C)C2)n1. The van der Waals surface area contributed by atoms with Crippen LogP contribution in [0.15, 0.2) is 10.7 Å². The molecule has 1 atom stereocenters. The van der Waals surface area contributed by atoms with Crippen LogP contribution in [0.3, 0.4) is 0 Å². The lowest BCUT2D eigenvalue weighted by Crippen LogP contribution is -2.51. The van der Waals surface area contributed by atoms with Gasteiger partial charge in [-0.15, -0.1) is 0 Å². The second-order valence-corrected chi connectivity index (χ2v) is 6.65. The van der Waals surface area contributed by atoms with Crippen LogP contribution < -0.4 is 0 Å². The van der Waals surface area contributed by atoms with Crippen molar-refractivity contribution in [3.8, 4) is 0 Å². The van der Waals surface area contributed by atoms with Crippen molar-refractivity contribution in [3.05, 3.63) is 29.2 Å². The molecule has 1 aliphatic heterocycles. The summed E-state index contributed by atoms with van der Waals surface area (Å²) in [5, 5.41) is 18.9. The van der Waals surface area contributed by atoms with Crippen molar-refractivity contribution in [3.63, 3.8) is 0 Å². The predicted octanol–water partition coefficient (Wildman–Crippen LogP) is 0.559. The number of likely N-dealkylation sites (tertiary alicyclic amines) is 1. The number of aliphatic hydroxyl groups is 1. The maximum atomic E-state index is 12.6. The zero-order valence-corrected chi connectivity index (χ0v) is 14.3. The van der Waals surface area contributed by atoms with E-state index in [2.05, 4.69) is 15.2 Å². The van der Waals surface area contributed by atoms with Crippen LogP contribution in [0.4, 0.5) is 0 Å². The van der Waals surface area contributed by atoms with E-state index in [4.69, 9.17) is 4.52 Å². The van der Waals surface area contributed by atoms with Crippen molar-refractivity contribution in [1.82, 2.24) is 24.8 Å². The number of aromatic nitrogens is 4. The maximum Gasteiger partial charge on any atom is 0.229 e. The van der Waals surface area contributed by atoms with Crippen LogP contribution >= 0.6 is 0 Å². The van der Waals surface area contributed by atoms with E-state index in [-0.39, 0.29) is 18.9 Å². The van der Waals surface area contributed by atoms with Gasteiger partial charge >= 0.3 is 0 Å². The Kier molecular flexibility index (Phi) is 4.40. The van der Waals surface area contributed by atoms with Gasteiger partial charge in [-0.25, -0.2) is 0 Å². The quantitative estimate of drug-likeness (QED) is 0.878. The van der Waals surface area contributed by atoms with Gasteiger partial charge in [0.25, 0.3) is 0 Å². The number of rotatable bonds is 4. The summed E-state index contributed by atoms with van der Waals surface area (Å²) in [5.41, 5.74) is 0.764. The molecule has 0 bridgehead atoms. The van der Waals surface area contributed by atoms with Gasteiger partial charge in [-0.2, -0.15) is 10.1 Å². The molecule has 1 unspecified atom stereocenters. The highest BCUT2D eigenvalue weighted by atomic mass is 16.5. The fourth-order valence-corrected chi connectivity index (χ4v) is 3.26. The standard InChI is InChI=1S/C16H23N5O3/c1-11-13(9-20(3)18-11)7-15(22)21-6-4-5-16(23,10-21)8-14-17-12(2)19-24-14/h9,23H,4-8,10H2,1-3H3. The van der Waals surface area contributed by atoms with E-state index < -0.39 is 5.60 Å². The summed E-state index contributed by atoms with van der Waals surface area (Å²) in [6.07, 6.45) is 3.80. The van der Waals surface area contributed by atoms with Crippen LogP contribution in [-0.2, 0) is 24.7 Å². The van der Waals surface area contributed by atoms with Gasteiger partial charge in [0, 0.05) is 31.9 Å². The molecule has 0 radical (unpaired) electrons. The van der Waals surface area contributed by atoms with Crippen LogP contribution in [-0.4, -0.2) is 54.5 Å². The Hall–Kier alpha value is -2.22. The summed E-state index contributed by atoms with van der Waals surface area (Å²) >= 11 is 0. The predicted molar refractivity (Wildman–Crippen MR) is 85.2 cm³/mol. The molecular weight excluding hydrogens is 310 g/mol. The van der Waals surface area contributed by atoms with Gasteiger partial charge in [-0.1, -0.05) is 5.16 Å². The van der Waals surface area contributed by atoms with Crippen LogP contribution in [0.1, 0.15) is 35.8 Å². The highest BCUT2D eigenvalue weighted by Crippen LogP contribution is 2.25. The molecule has 2 aromatic rings. The molecular formula is C16H23N5O3. The van der Waals surface area contributed by atoms with E-state index in [1.54, 1.807) is 16.5 Å². The first-order chi connectivity index (χ1) is 11.3. The van der Waals surface area contributed by atoms with Gasteiger partial charge in [0.15, 0.2) is 5.82 Å². The van der Waals surface area contributed by atoms with Gasteiger partial charge < -0.3 is 14.5 Å². The molecule has 1 fully saturated rings. The third-order valence-corrected chi connectivity index (χ3v) is 4.41. The molecule has 0 saturated carbocycles. The number of amides is 1. The van der Waals surface area contributed by atoms with Crippen molar-refractivity contribution in [1.29, 1.82) is 0 Å². The van der Waals surface area contributed by atoms with Crippen molar-refractivity contribution in [2.75, 3.05) is 13.1 Å². The molecule has 2 aromatic heterocycles. The largest absolute Gasteiger partial charge is 0.388 e. The molecule has 130 valence electrons. The fraction of sp³-hybridized carbons (Fsp3) is 0.625. The molecule has 0 spiro atoms. The Morgan fingerprint density at radius 3 is 2.88 bits per heavy atom. The van der Waals surface area contributed by atoms with Crippen molar-refractivity contribution < 1.29 is 14.4 Å². The molecule has 1 aliphatic rings. The summed E-state index contributed by atoms with van der Waals surface area (Å²) < 4.78 is 6.82. The molecule has 3 heterocycles.